The van der Waals surface area contributed by atoms with E-state index in [1.807, 2.05) is 13.0 Å². The van der Waals surface area contributed by atoms with Crippen LogP contribution in [0, 0.1) is 6.92 Å². The first kappa shape index (κ1) is 9.77. The van der Waals surface area contributed by atoms with Gasteiger partial charge in [0.05, 0.1) is 0 Å². The highest BCUT2D eigenvalue weighted by molar-refractivity contribution is 9.10. The monoisotopic (exact) mass is 233 g/mol. The van der Waals surface area contributed by atoms with Gasteiger partial charge in [-0.25, -0.2) is 0 Å². The van der Waals surface area contributed by atoms with Gasteiger partial charge in [-0.3, -0.25) is 0 Å². The molecule has 68 valence electrons. The molecular weight excluding hydrogens is 222 g/mol. The minimum Gasteiger partial charge on any atom is -0.451 e. The Kier molecular flexibility index (Phi) is 3.31. The van der Waals surface area contributed by atoms with Crippen LogP contribution in [0.5, 0.6) is 0 Å². The van der Waals surface area contributed by atoms with Crippen LogP contribution in [0.4, 0.5) is 0 Å². The molecule has 1 rings (SSSR count). The van der Waals surface area contributed by atoms with Crippen molar-refractivity contribution in [2.75, 3.05) is 13.6 Å². The summed E-state index contributed by atoms with van der Waals surface area (Å²) in [6.07, 6.45) is -0.568. The number of furan rings is 1. The molecule has 1 aromatic rings. The SMILES string of the molecule is CNCC(O)c1oc(Br)cc1C. The average Bonchev–Trinajstić information content (AvgIpc) is 2.30. The molecule has 1 heterocycles. The predicted molar refractivity (Wildman–Crippen MR) is 50.0 cm³/mol. The Hall–Kier alpha value is -0.320. The van der Waals surface area contributed by atoms with E-state index in [0.717, 1.165) is 5.56 Å². The zero-order valence-electron chi connectivity index (χ0n) is 7.10. The van der Waals surface area contributed by atoms with E-state index in [9.17, 15) is 5.11 Å². The molecule has 0 amide bonds. The van der Waals surface area contributed by atoms with Gasteiger partial charge < -0.3 is 14.8 Å². The summed E-state index contributed by atoms with van der Waals surface area (Å²) in [5, 5.41) is 12.4. The molecule has 12 heavy (non-hydrogen) atoms. The standard InChI is InChI=1S/C8H12BrNO2/c1-5-3-7(9)12-8(5)6(11)4-10-2/h3,6,10-11H,4H2,1-2H3. The summed E-state index contributed by atoms with van der Waals surface area (Å²) >= 11 is 3.20. The van der Waals surface area contributed by atoms with Crippen LogP contribution in [0.2, 0.25) is 0 Å². The van der Waals surface area contributed by atoms with Crippen LogP contribution in [-0.4, -0.2) is 18.7 Å². The fraction of sp³-hybridized carbons (Fsp3) is 0.500. The Morgan fingerprint density at radius 1 is 1.75 bits per heavy atom. The molecule has 4 heteroatoms. The van der Waals surface area contributed by atoms with Gasteiger partial charge in [-0.2, -0.15) is 0 Å². The second kappa shape index (κ2) is 4.07. The van der Waals surface area contributed by atoms with E-state index >= 15 is 0 Å². The number of hydrogen-bond acceptors (Lipinski definition) is 3. The fourth-order valence-corrected chi connectivity index (χ4v) is 1.59. The van der Waals surface area contributed by atoms with Gasteiger partial charge in [-0.1, -0.05) is 0 Å². The van der Waals surface area contributed by atoms with Crippen LogP contribution < -0.4 is 5.32 Å². The van der Waals surface area contributed by atoms with E-state index in [0.29, 0.717) is 17.0 Å². The molecule has 0 spiro atoms. The second-order valence-electron chi connectivity index (χ2n) is 2.67. The molecular formula is C8H12BrNO2. The van der Waals surface area contributed by atoms with Crippen LogP contribution in [0.1, 0.15) is 17.4 Å². The van der Waals surface area contributed by atoms with Crippen molar-refractivity contribution in [1.82, 2.24) is 5.32 Å². The van der Waals surface area contributed by atoms with Crippen molar-refractivity contribution in [2.45, 2.75) is 13.0 Å². The lowest BCUT2D eigenvalue weighted by molar-refractivity contribution is 0.148. The number of aliphatic hydroxyl groups excluding tert-OH is 1. The lowest BCUT2D eigenvalue weighted by Crippen LogP contribution is -2.16. The highest BCUT2D eigenvalue weighted by Crippen LogP contribution is 2.24. The third-order valence-corrected chi connectivity index (χ3v) is 2.02. The van der Waals surface area contributed by atoms with Crippen LogP contribution in [0.25, 0.3) is 0 Å². The maximum Gasteiger partial charge on any atom is 0.169 e. The van der Waals surface area contributed by atoms with Crippen LogP contribution >= 0.6 is 15.9 Å². The molecule has 2 N–H and O–H groups in total. The van der Waals surface area contributed by atoms with Crippen LogP contribution in [-0.2, 0) is 0 Å². The highest BCUT2D eigenvalue weighted by Gasteiger charge is 2.14. The van der Waals surface area contributed by atoms with E-state index in [1.165, 1.54) is 0 Å². The number of likely N-dealkylation sites (N-methyl/N-ethyl adjacent to an activating group) is 1. The van der Waals surface area contributed by atoms with Gasteiger partial charge in [0.15, 0.2) is 4.67 Å². The quantitative estimate of drug-likeness (QED) is 0.834. The molecule has 0 aliphatic carbocycles. The van der Waals surface area contributed by atoms with Crippen molar-refractivity contribution < 1.29 is 9.52 Å². The van der Waals surface area contributed by atoms with Gasteiger partial charge >= 0.3 is 0 Å². The molecule has 0 radical (unpaired) electrons. The number of rotatable bonds is 3. The maximum atomic E-state index is 9.54. The summed E-state index contributed by atoms with van der Waals surface area (Å²) in [4.78, 5) is 0. The van der Waals surface area contributed by atoms with Crippen molar-refractivity contribution in [3.63, 3.8) is 0 Å². The Morgan fingerprint density at radius 3 is 2.83 bits per heavy atom. The van der Waals surface area contributed by atoms with Gasteiger partial charge in [0, 0.05) is 6.54 Å². The Balaban J connectivity index is 2.79. The molecule has 3 nitrogen and oxygen atoms in total. The zero-order chi connectivity index (χ0) is 9.14. The lowest BCUT2D eigenvalue weighted by atomic mass is 10.2. The van der Waals surface area contributed by atoms with Gasteiger partial charge in [-0.15, -0.1) is 0 Å². The highest BCUT2D eigenvalue weighted by atomic mass is 79.9. The maximum absolute atomic E-state index is 9.54. The summed E-state index contributed by atoms with van der Waals surface area (Å²) in [7, 11) is 1.79. The van der Waals surface area contributed by atoms with Crippen molar-refractivity contribution in [3.8, 4) is 0 Å². The molecule has 0 aliphatic heterocycles. The van der Waals surface area contributed by atoms with E-state index < -0.39 is 6.10 Å². The Morgan fingerprint density at radius 2 is 2.42 bits per heavy atom. The topological polar surface area (TPSA) is 45.4 Å². The first-order valence-electron chi connectivity index (χ1n) is 3.73. The van der Waals surface area contributed by atoms with Crippen molar-refractivity contribution >= 4 is 15.9 Å². The van der Waals surface area contributed by atoms with E-state index in [1.54, 1.807) is 7.05 Å². The van der Waals surface area contributed by atoms with E-state index in [4.69, 9.17) is 4.42 Å². The van der Waals surface area contributed by atoms with Gasteiger partial charge in [0.25, 0.3) is 0 Å². The first-order chi connectivity index (χ1) is 5.65. The van der Waals surface area contributed by atoms with Gasteiger partial charge in [0.1, 0.15) is 11.9 Å². The molecule has 1 atom stereocenters. The summed E-state index contributed by atoms with van der Waals surface area (Å²) in [6.45, 7) is 2.41. The largest absolute Gasteiger partial charge is 0.451 e. The zero-order valence-corrected chi connectivity index (χ0v) is 8.68. The van der Waals surface area contributed by atoms with E-state index in [-0.39, 0.29) is 0 Å². The first-order valence-corrected chi connectivity index (χ1v) is 4.53. The molecule has 0 fully saturated rings. The van der Waals surface area contributed by atoms with Gasteiger partial charge in [0.2, 0.25) is 0 Å². The summed E-state index contributed by atoms with van der Waals surface area (Å²) in [5.74, 6) is 0.622. The number of hydrogen-bond donors (Lipinski definition) is 2. The number of halogens is 1. The summed E-state index contributed by atoms with van der Waals surface area (Å²) < 4.78 is 5.91. The Labute approximate surface area is 79.9 Å². The molecule has 1 unspecified atom stereocenters. The second-order valence-corrected chi connectivity index (χ2v) is 3.45. The number of aryl methyl sites for hydroxylation is 1. The summed E-state index contributed by atoms with van der Waals surface area (Å²) in [6, 6.07) is 1.84. The van der Waals surface area contributed by atoms with Crippen molar-refractivity contribution in [3.05, 3.63) is 22.1 Å². The lowest BCUT2D eigenvalue weighted by Gasteiger charge is -2.06. The minimum atomic E-state index is -0.568. The minimum absolute atomic E-state index is 0.501. The van der Waals surface area contributed by atoms with Crippen molar-refractivity contribution in [2.24, 2.45) is 0 Å². The molecule has 0 saturated carbocycles. The molecule has 1 aromatic heterocycles. The average molecular weight is 234 g/mol. The third kappa shape index (κ3) is 2.09. The predicted octanol–water partition coefficient (Wildman–Crippen LogP) is 1.60. The van der Waals surface area contributed by atoms with Crippen molar-refractivity contribution in [1.29, 1.82) is 0 Å². The van der Waals surface area contributed by atoms with E-state index in [2.05, 4.69) is 21.2 Å². The fourth-order valence-electron chi connectivity index (χ4n) is 1.07. The Bertz CT molecular complexity index is 260. The van der Waals surface area contributed by atoms with Gasteiger partial charge in [-0.05, 0) is 41.5 Å². The smallest absolute Gasteiger partial charge is 0.169 e. The number of nitrogens with one attached hydrogen (secondary N) is 1. The molecule has 0 saturated heterocycles. The van der Waals surface area contributed by atoms with Crippen LogP contribution in [0.3, 0.4) is 0 Å². The normalized spacial score (nSPS) is 13.3. The molecule has 0 aromatic carbocycles. The number of aliphatic hydroxyl groups is 1. The van der Waals surface area contributed by atoms with Crippen LogP contribution in [0.15, 0.2) is 15.2 Å². The summed E-state index contributed by atoms with van der Waals surface area (Å²) in [5.41, 5.74) is 0.963. The third-order valence-electron chi connectivity index (χ3n) is 1.63. The molecule has 0 aliphatic rings. The molecule has 0 bridgehead atoms.